The highest BCUT2D eigenvalue weighted by Gasteiger charge is 2.61. The number of anilines is 2. The van der Waals surface area contributed by atoms with Crippen molar-refractivity contribution in [3.63, 3.8) is 0 Å². The van der Waals surface area contributed by atoms with Crippen LogP contribution in [0.15, 0.2) is 214 Å². The molecule has 3 heteroatoms. The highest BCUT2D eigenvalue weighted by atomic mass is 16.3. The van der Waals surface area contributed by atoms with Gasteiger partial charge in [0, 0.05) is 44.2 Å². The first kappa shape index (κ1) is 36.3. The van der Waals surface area contributed by atoms with Gasteiger partial charge >= 0.3 is 0 Å². The van der Waals surface area contributed by atoms with E-state index >= 15 is 0 Å². The molecule has 302 valence electrons. The second-order valence-corrected chi connectivity index (χ2v) is 18.4. The molecule has 0 saturated heterocycles. The Bertz CT molecular complexity index is 3590. The van der Waals surface area contributed by atoms with Gasteiger partial charge in [-0.1, -0.05) is 165 Å². The average Bonchev–Trinajstić information content (AvgIpc) is 3.93. The predicted octanol–water partition coefficient (Wildman–Crippen LogP) is 16.0. The molecule has 13 rings (SSSR count). The molecule has 8 aromatic carbocycles. The van der Waals surface area contributed by atoms with Gasteiger partial charge in [-0.2, -0.15) is 0 Å². The number of allylic oxidation sites excluding steroid dienone is 2. The summed E-state index contributed by atoms with van der Waals surface area (Å²) in [7, 11) is 0. The highest BCUT2D eigenvalue weighted by Crippen LogP contribution is 2.67. The fourth-order valence-electron chi connectivity index (χ4n) is 12.4. The summed E-state index contributed by atoms with van der Waals surface area (Å²) >= 11 is 0. The van der Waals surface area contributed by atoms with E-state index in [4.69, 9.17) is 8.83 Å². The van der Waals surface area contributed by atoms with Gasteiger partial charge in [0.1, 0.15) is 22.5 Å². The third-order valence-electron chi connectivity index (χ3n) is 15.1. The first-order chi connectivity index (χ1) is 30.8. The highest BCUT2D eigenvalue weighted by molar-refractivity contribution is 6.19. The molecule has 0 N–H and O–H groups in total. The molecule has 0 spiro atoms. The Hall–Kier alpha value is -7.36. The van der Waals surface area contributed by atoms with Gasteiger partial charge in [-0.25, -0.2) is 0 Å². The number of hydrogen-bond acceptors (Lipinski definition) is 3. The van der Waals surface area contributed by atoms with E-state index in [0.29, 0.717) is 0 Å². The van der Waals surface area contributed by atoms with Gasteiger partial charge in [-0.15, -0.1) is 0 Å². The molecule has 0 radical (unpaired) electrons. The Morgan fingerprint density at radius 1 is 0.524 bits per heavy atom. The van der Waals surface area contributed by atoms with Crippen molar-refractivity contribution in [3.05, 3.63) is 228 Å². The minimum atomic E-state index is -0.594. The summed E-state index contributed by atoms with van der Waals surface area (Å²) in [5.74, 6) is 1.03. The van der Waals surface area contributed by atoms with Crippen LogP contribution in [0, 0.1) is 0 Å². The molecule has 63 heavy (non-hydrogen) atoms. The number of furan rings is 2. The topological polar surface area (TPSA) is 29.5 Å². The zero-order valence-corrected chi connectivity index (χ0v) is 35.8. The van der Waals surface area contributed by atoms with Gasteiger partial charge in [0.2, 0.25) is 0 Å². The van der Waals surface area contributed by atoms with Crippen LogP contribution in [-0.4, -0.2) is 5.54 Å². The van der Waals surface area contributed by atoms with Crippen molar-refractivity contribution in [2.24, 2.45) is 0 Å². The number of hydrogen-bond donors (Lipinski definition) is 0. The van der Waals surface area contributed by atoms with Crippen LogP contribution in [0.1, 0.15) is 56.1 Å². The molecule has 3 aliphatic rings. The van der Waals surface area contributed by atoms with Crippen molar-refractivity contribution < 1.29 is 8.83 Å². The van der Waals surface area contributed by atoms with E-state index in [1.54, 1.807) is 0 Å². The molecule has 4 unspecified atom stereocenters. The van der Waals surface area contributed by atoms with Gasteiger partial charge in [0.25, 0.3) is 0 Å². The standard InChI is InChI=1S/C60H45NO2/c1-37-53-57-59(3,35-34-58(53,2)41-31-33-42(38-18-7-5-8-19-38)46(36-41)39-20-9-6-10-21-39)61(49-27-17-29-51-52(49)45-32-30-40-22-11-12-23-43(40)56(45)63-51)48-26-15-14-25-47(48)60(57,4)54-44-24-13-16-28-50(44)62-55(37)54/h5-37H,1-4H3. The first-order valence-electron chi connectivity index (χ1n) is 22.2. The first-order valence-corrected chi connectivity index (χ1v) is 22.2. The van der Waals surface area contributed by atoms with E-state index in [1.807, 2.05) is 0 Å². The zero-order valence-electron chi connectivity index (χ0n) is 35.8. The predicted molar refractivity (Wildman–Crippen MR) is 260 cm³/mol. The van der Waals surface area contributed by atoms with Gasteiger partial charge < -0.3 is 13.7 Å². The fourth-order valence-corrected chi connectivity index (χ4v) is 12.4. The third-order valence-corrected chi connectivity index (χ3v) is 15.1. The summed E-state index contributed by atoms with van der Waals surface area (Å²) in [5.41, 5.74) is 14.9. The van der Waals surface area contributed by atoms with Crippen molar-refractivity contribution in [1.82, 2.24) is 0 Å². The lowest BCUT2D eigenvalue weighted by molar-refractivity contribution is 0.401. The molecule has 3 heterocycles. The molecular weight excluding hydrogens is 767 g/mol. The van der Waals surface area contributed by atoms with E-state index in [9.17, 15) is 0 Å². The monoisotopic (exact) mass is 811 g/mol. The van der Waals surface area contributed by atoms with Gasteiger partial charge in [-0.05, 0) is 107 Å². The van der Waals surface area contributed by atoms with Gasteiger partial charge in [0.15, 0.2) is 0 Å². The minimum absolute atomic E-state index is 0.0252. The number of rotatable bonds is 4. The summed E-state index contributed by atoms with van der Waals surface area (Å²) in [5, 5.41) is 5.74. The van der Waals surface area contributed by atoms with Crippen LogP contribution in [0.2, 0.25) is 0 Å². The quantitative estimate of drug-likeness (QED) is 0.166. The summed E-state index contributed by atoms with van der Waals surface area (Å²) in [6.07, 6.45) is 5.05. The maximum Gasteiger partial charge on any atom is 0.143 e. The Morgan fingerprint density at radius 3 is 2.00 bits per heavy atom. The lowest BCUT2D eigenvalue weighted by atomic mass is 9.49. The lowest BCUT2D eigenvalue weighted by Crippen LogP contribution is -2.59. The van der Waals surface area contributed by atoms with E-state index in [0.717, 1.165) is 44.4 Å². The molecule has 4 atom stereocenters. The molecule has 3 nitrogen and oxygen atoms in total. The molecule has 0 amide bonds. The summed E-state index contributed by atoms with van der Waals surface area (Å²) in [6, 6.07) is 66.3. The molecule has 1 aliphatic heterocycles. The van der Waals surface area contributed by atoms with Crippen LogP contribution in [0.25, 0.3) is 65.9 Å². The van der Waals surface area contributed by atoms with Crippen LogP contribution < -0.4 is 4.90 Å². The van der Waals surface area contributed by atoms with Crippen LogP contribution in [0.3, 0.4) is 0 Å². The zero-order chi connectivity index (χ0) is 42.2. The molecule has 2 aliphatic carbocycles. The molecule has 0 bridgehead atoms. The van der Waals surface area contributed by atoms with Crippen LogP contribution >= 0.6 is 0 Å². The van der Waals surface area contributed by atoms with E-state index in [-0.39, 0.29) is 5.92 Å². The van der Waals surface area contributed by atoms with E-state index in [1.165, 1.54) is 66.6 Å². The third kappa shape index (κ3) is 4.74. The van der Waals surface area contributed by atoms with Crippen LogP contribution in [0.4, 0.5) is 11.4 Å². The van der Waals surface area contributed by atoms with Crippen molar-refractivity contribution in [2.45, 2.75) is 50.0 Å². The Kier molecular flexibility index (Phi) is 7.40. The average molecular weight is 812 g/mol. The Balaban J connectivity index is 1.13. The number of fused-ring (bicyclic) bond motifs is 11. The summed E-state index contributed by atoms with van der Waals surface area (Å²) in [4.78, 5) is 2.63. The molecule has 10 aromatic rings. The second kappa shape index (κ2) is 12.8. The number of nitrogens with zero attached hydrogens (tertiary/aromatic N) is 1. The molecule has 2 aromatic heterocycles. The largest absolute Gasteiger partial charge is 0.460 e. The van der Waals surface area contributed by atoms with Crippen LogP contribution in [0.5, 0.6) is 0 Å². The van der Waals surface area contributed by atoms with Crippen molar-refractivity contribution in [2.75, 3.05) is 4.90 Å². The second-order valence-electron chi connectivity index (χ2n) is 18.4. The Morgan fingerprint density at radius 2 is 1.19 bits per heavy atom. The minimum Gasteiger partial charge on any atom is -0.460 e. The van der Waals surface area contributed by atoms with Crippen molar-refractivity contribution in [1.29, 1.82) is 0 Å². The molecule has 0 fully saturated rings. The fraction of sp³-hybridized carbons (Fsp3) is 0.133. The van der Waals surface area contributed by atoms with E-state index < -0.39 is 16.4 Å². The van der Waals surface area contributed by atoms with Crippen molar-refractivity contribution >= 4 is 55.1 Å². The Labute approximate surface area is 367 Å². The summed E-state index contributed by atoms with van der Waals surface area (Å²) < 4.78 is 14.0. The SMILES string of the molecule is CC1C2=C3C(C)(c4ccccc4N(c4cccc5oc6c7ccccc7ccc6c45)C3(C)C=CC2(C)c2ccc(-c3ccccc3)c(-c3ccccc3)c2)c2c1oc1ccccc21. The maximum absolute atomic E-state index is 7.11. The lowest BCUT2D eigenvalue weighted by Gasteiger charge is -2.60. The normalized spacial score (nSPS) is 22.5. The van der Waals surface area contributed by atoms with Crippen LogP contribution in [-0.2, 0) is 10.8 Å². The summed E-state index contributed by atoms with van der Waals surface area (Å²) in [6.45, 7) is 9.77. The van der Waals surface area contributed by atoms with Crippen molar-refractivity contribution in [3.8, 4) is 22.3 Å². The van der Waals surface area contributed by atoms with E-state index in [2.05, 4.69) is 227 Å². The number of benzene rings is 8. The molecule has 0 saturated carbocycles. The smallest absolute Gasteiger partial charge is 0.143 e. The van der Waals surface area contributed by atoms with Gasteiger partial charge in [0.05, 0.1) is 16.6 Å². The molecular formula is C60H45NO2. The van der Waals surface area contributed by atoms with Gasteiger partial charge in [-0.3, -0.25) is 0 Å². The maximum atomic E-state index is 7.11. The number of para-hydroxylation sites is 2.